The van der Waals surface area contributed by atoms with Gasteiger partial charge in [0.2, 0.25) is 0 Å². The van der Waals surface area contributed by atoms with Crippen LogP contribution in [0.2, 0.25) is 0 Å². The number of amides is 2. The Morgan fingerprint density at radius 2 is 2.26 bits per heavy atom. The monoisotopic (exact) mass is 324 g/mol. The van der Waals surface area contributed by atoms with E-state index in [0.29, 0.717) is 24.7 Å². The lowest BCUT2D eigenvalue weighted by molar-refractivity contribution is 0.204. The molecule has 0 aliphatic carbocycles. The maximum Gasteiger partial charge on any atom is 0.315 e. The van der Waals surface area contributed by atoms with Crippen molar-refractivity contribution in [2.45, 2.75) is 45.2 Å². The van der Waals surface area contributed by atoms with Gasteiger partial charge >= 0.3 is 6.03 Å². The lowest BCUT2D eigenvalue weighted by Gasteiger charge is -2.22. The first-order valence-electron chi connectivity index (χ1n) is 8.09. The SMILES string of the molecule is CC(C)CC(CO)NC(=O)NC1CCCOc2cc(F)ccc21. The molecule has 2 rings (SSSR count). The number of aliphatic hydroxyl groups is 1. The van der Waals surface area contributed by atoms with Crippen LogP contribution in [-0.4, -0.2) is 30.4 Å². The molecule has 0 saturated carbocycles. The lowest BCUT2D eigenvalue weighted by atomic mass is 10.0. The number of halogens is 1. The molecule has 2 amide bonds. The molecule has 23 heavy (non-hydrogen) atoms. The Morgan fingerprint density at radius 3 is 2.96 bits per heavy atom. The van der Waals surface area contributed by atoms with E-state index in [9.17, 15) is 14.3 Å². The zero-order chi connectivity index (χ0) is 16.8. The average molecular weight is 324 g/mol. The third kappa shape index (κ3) is 5.10. The minimum atomic E-state index is -0.355. The minimum absolute atomic E-state index is 0.0961. The summed E-state index contributed by atoms with van der Waals surface area (Å²) in [5, 5.41) is 15.1. The number of aliphatic hydroxyl groups excluding tert-OH is 1. The number of nitrogens with one attached hydrogen (secondary N) is 2. The Balaban J connectivity index is 2.03. The van der Waals surface area contributed by atoms with Crippen molar-refractivity contribution in [2.75, 3.05) is 13.2 Å². The second-order valence-electron chi connectivity index (χ2n) is 6.35. The molecule has 1 heterocycles. The molecule has 0 fully saturated rings. The van der Waals surface area contributed by atoms with Gasteiger partial charge in [-0.05, 0) is 31.2 Å². The summed E-state index contributed by atoms with van der Waals surface area (Å²) in [7, 11) is 0. The van der Waals surface area contributed by atoms with Gasteiger partial charge in [-0.25, -0.2) is 9.18 Å². The molecule has 6 heteroatoms. The highest BCUT2D eigenvalue weighted by Gasteiger charge is 2.23. The predicted molar refractivity (Wildman–Crippen MR) is 85.9 cm³/mol. The van der Waals surface area contributed by atoms with Crippen LogP contribution in [0.4, 0.5) is 9.18 Å². The highest BCUT2D eigenvalue weighted by atomic mass is 19.1. The highest BCUT2D eigenvalue weighted by Crippen LogP contribution is 2.31. The first kappa shape index (κ1) is 17.5. The van der Waals surface area contributed by atoms with E-state index in [1.165, 1.54) is 12.1 Å². The number of carbonyl (C=O) groups is 1. The van der Waals surface area contributed by atoms with E-state index in [2.05, 4.69) is 10.6 Å². The summed E-state index contributed by atoms with van der Waals surface area (Å²) < 4.78 is 18.9. The van der Waals surface area contributed by atoms with E-state index in [0.717, 1.165) is 18.4 Å². The molecule has 3 N–H and O–H groups in total. The van der Waals surface area contributed by atoms with Crippen molar-refractivity contribution >= 4 is 6.03 Å². The number of urea groups is 1. The second kappa shape index (κ2) is 8.15. The highest BCUT2D eigenvalue weighted by molar-refractivity contribution is 5.75. The molecule has 1 aromatic carbocycles. The number of benzene rings is 1. The van der Waals surface area contributed by atoms with Crippen LogP contribution in [0.1, 0.15) is 44.7 Å². The summed E-state index contributed by atoms with van der Waals surface area (Å²) in [5.41, 5.74) is 0.781. The molecule has 1 aliphatic rings. The summed E-state index contributed by atoms with van der Waals surface area (Å²) in [6.07, 6.45) is 2.20. The number of fused-ring (bicyclic) bond motifs is 1. The van der Waals surface area contributed by atoms with Gasteiger partial charge in [0.25, 0.3) is 0 Å². The first-order chi connectivity index (χ1) is 11.0. The third-order valence-electron chi connectivity index (χ3n) is 3.86. The van der Waals surface area contributed by atoms with Gasteiger partial charge in [-0.1, -0.05) is 19.9 Å². The van der Waals surface area contributed by atoms with Gasteiger partial charge in [-0.3, -0.25) is 0 Å². The molecule has 1 aliphatic heterocycles. The quantitative estimate of drug-likeness (QED) is 0.780. The molecule has 0 saturated heterocycles. The number of hydrogen-bond acceptors (Lipinski definition) is 3. The van der Waals surface area contributed by atoms with E-state index in [-0.39, 0.29) is 30.5 Å². The molecule has 2 unspecified atom stereocenters. The van der Waals surface area contributed by atoms with Crippen molar-refractivity contribution < 1.29 is 19.0 Å². The summed E-state index contributed by atoms with van der Waals surface area (Å²) in [6.45, 7) is 4.48. The van der Waals surface area contributed by atoms with Crippen molar-refractivity contribution in [1.29, 1.82) is 0 Å². The van der Waals surface area contributed by atoms with E-state index in [1.807, 2.05) is 13.8 Å². The smallest absolute Gasteiger partial charge is 0.315 e. The van der Waals surface area contributed by atoms with Gasteiger partial charge in [-0.2, -0.15) is 0 Å². The van der Waals surface area contributed by atoms with E-state index < -0.39 is 0 Å². The number of rotatable bonds is 5. The van der Waals surface area contributed by atoms with Crippen molar-refractivity contribution in [3.63, 3.8) is 0 Å². The Bertz CT molecular complexity index is 537. The molecular formula is C17H25FN2O3. The molecule has 128 valence electrons. The Hall–Kier alpha value is -1.82. The Morgan fingerprint density at radius 1 is 1.48 bits per heavy atom. The summed E-state index contributed by atoms with van der Waals surface area (Å²) >= 11 is 0. The molecule has 0 bridgehead atoms. The van der Waals surface area contributed by atoms with Crippen LogP contribution in [0, 0.1) is 11.7 Å². The second-order valence-corrected chi connectivity index (χ2v) is 6.35. The first-order valence-corrected chi connectivity index (χ1v) is 8.09. The third-order valence-corrected chi connectivity index (χ3v) is 3.86. The van der Waals surface area contributed by atoms with Gasteiger partial charge in [-0.15, -0.1) is 0 Å². The van der Waals surface area contributed by atoms with Crippen LogP contribution in [0.3, 0.4) is 0 Å². The van der Waals surface area contributed by atoms with Crippen LogP contribution in [0.25, 0.3) is 0 Å². The van der Waals surface area contributed by atoms with Crippen molar-refractivity contribution in [3.8, 4) is 5.75 Å². The number of carbonyl (C=O) groups excluding carboxylic acids is 1. The molecule has 5 nitrogen and oxygen atoms in total. The fourth-order valence-corrected chi connectivity index (χ4v) is 2.83. The van der Waals surface area contributed by atoms with E-state index in [1.54, 1.807) is 6.07 Å². The van der Waals surface area contributed by atoms with Crippen LogP contribution in [0.15, 0.2) is 18.2 Å². The molecule has 0 spiro atoms. The summed E-state index contributed by atoms with van der Waals surface area (Å²) in [6, 6.07) is 3.54. The summed E-state index contributed by atoms with van der Waals surface area (Å²) in [4.78, 5) is 12.2. The maximum absolute atomic E-state index is 13.3. The molecule has 0 radical (unpaired) electrons. The fraction of sp³-hybridized carbons (Fsp3) is 0.588. The molecule has 1 aromatic rings. The maximum atomic E-state index is 13.3. The van der Waals surface area contributed by atoms with Crippen molar-refractivity contribution in [3.05, 3.63) is 29.6 Å². The fourth-order valence-electron chi connectivity index (χ4n) is 2.83. The van der Waals surface area contributed by atoms with E-state index >= 15 is 0 Å². The average Bonchev–Trinajstić information content (AvgIpc) is 2.68. The predicted octanol–water partition coefficient (Wildman–Crippen LogP) is 2.75. The zero-order valence-electron chi connectivity index (χ0n) is 13.6. The lowest BCUT2D eigenvalue weighted by Crippen LogP contribution is -2.45. The van der Waals surface area contributed by atoms with Crippen molar-refractivity contribution in [1.82, 2.24) is 10.6 Å². The van der Waals surface area contributed by atoms with Crippen molar-refractivity contribution in [2.24, 2.45) is 5.92 Å². The molecule has 2 atom stereocenters. The molecule has 0 aromatic heterocycles. The normalized spacial score (nSPS) is 18.6. The van der Waals surface area contributed by atoms with Gasteiger partial charge in [0, 0.05) is 11.6 Å². The van der Waals surface area contributed by atoms with Gasteiger partial charge in [0.15, 0.2) is 0 Å². The summed E-state index contributed by atoms with van der Waals surface area (Å²) in [5.74, 6) is 0.502. The van der Waals surface area contributed by atoms with Crippen LogP contribution < -0.4 is 15.4 Å². The molecular weight excluding hydrogens is 299 g/mol. The minimum Gasteiger partial charge on any atom is -0.493 e. The van der Waals surface area contributed by atoms with Gasteiger partial charge in [0.05, 0.1) is 25.3 Å². The van der Waals surface area contributed by atoms with Crippen LogP contribution >= 0.6 is 0 Å². The largest absolute Gasteiger partial charge is 0.493 e. The van der Waals surface area contributed by atoms with Crippen LogP contribution in [0.5, 0.6) is 5.75 Å². The van der Waals surface area contributed by atoms with Crippen LogP contribution in [-0.2, 0) is 0 Å². The number of ether oxygens (including phenoxy) is 1. The van der Waals surface area contributed by atoms with Gasteiger partial charge < -0.3 is 20.5 Å². The topological polar surface area (TPSA) is 70.6 Å². The Labute approximate surface area is 136 Å². The van der Waals surface area contributed by atoms with Gasteiger partial charge in [0.1, 0.15) is 11.6 Å². The standard InChI is InChI=1S/C17H25FN2O3/c1-11(2)8-13(10-21)19-17(22)20-15-4-3-7-23-16-9-12(18)5-6-14(15)16/h5-6,9,11,13,15,21H,3-4,7-8,10H2,1-2H3,(H2,19,20,22). The zero-order valence-corrected chi connectivity index (χ0v) is 13.6. The Kier molecular flexibility index (Phi) is 6.21. The number of hydrogen-bond donors (Lipinski definition) is 3. The van der Waals surface area contributed by atoms with E-state index in [4.69, 9.17) is 4.74 Å².